The van der Waals surface area contributed by atoms with Crippen LogP contribution in [0.3, 0.4) is 0 Å². The number of aryl methyl sites for hydroxylation is 1. The zero-order valence-corrected chi connectivity index (χ0v) is 8.42. The van der Waals surface area contributed by atoms with E-state index >= 15 is 0 Å². The number of thiophene rings is 1. The lowest BCUT2D eigenvalue weighted by atomic mass is 10.3. The molecule has 1 heterocycles. The molecule has 0 atom stereocenters. The van der Waals surface area contributed by atoms with E-state index in [1.807, 2.05) is 5.32 Å². The first kappa shape index (κ1) is 11.2. The van der Waals surface area contributed by atoms with Crippen LogP contribution in [0.1, 0.15) is 15.2 Å². The normalized spacial score (nSPS) is 9.67. The first-order valence-electron chi connectivity index (χ1n) is 3.80. The van der Waals surface area contributed by atoms with Gasteiger partial charge >= 0.3 is 17.8 Å². The summed E-state index contributed by atoms with van der Waals surface area (Å²) in [7, 11) is 0. The predicted octanol–water partition coefficient (Wildman–Crippen LogP) is 0.778. The molecular formula is C8H7NO5S. The summed E-state index contributed by atoms with van der Waals surface area (Å²) in [5.41, 5.74) is -0.105. The van der Waals surface area contributed by atoms with Crippen molar-refractivity contribution in [2.45, 2.75) is 6.92 Å². The molecule has 0 aliphatic rings. The Morgan fingerprint density at radius 1 is 1.33 bits per heavy atom. The van der Waals surface area contributed by atoms with Crippen molar-refractivity contribution in [3.05, 3.63) is 16.5 Å². The standard InChI is InChI=1S/C8H7NO5S/c1-3-2-4(7(11)12)6(15-3)9-5(10)8(13)14/h2H,1H3,(H,9,10)(H,11,12)(H,13,14). The lowest BCUT2D eigenvalue weighted by molar-refractivity contribution is -0.147. The quantitative estimate of drug-likeness (QED) is 0.650. The Bertz CT molecular complexity index is 436. The first-order chi connectivity index (χ1) is 6.91. The van der Waals surface area contributed by atoms with Gasteiger partial charge < -0.3 is 15.5 Å². The van der Waals surface area contributed by atoms with Gasteiger partial charge in [-0.15, -0.1) is 11.3 Å². The number of rotatable bonds is 2. The van der Waals surface area contributed by atoms with Gasteiger partial charge in [-0.3, -0.25) is 4.79 Å². The molecule has 1 aromatic heterocycles. The minimum absolute atomic E-state index is 0.0346. The van der Waals surface area contributed by atoms with Crippen LogP contribution in [0.2, 0.25) is 0 Å². The summed E-state index contributed by atoms with van der Waals surface area (Å²) in [5.74, 6) is -4.11. The highest BCUT2D eigenvalue weighted by molar-refractivity contribution is 7.16. The Morgan fingerprint density at radius 3 is 2.40 bits per heavy atom. The van der Waals surface area contributed by atoms with Gasteiger partial charge in [0.25, 0.3) is 0 Å². The molecule has 3 N–H and O–H groups in total. The van der Waals surface area contributed by atoms with Crippen LogP contribution in [0.25, 0.3) is 0 Å². The Morgan fingerprint density at radius 2 is 1.93 bits per heavy atom. The van der Waals surface area contributed by atoms with Crippen LogP contribution in [0.4, 0.5) is 5.00 Å². The number of carbonyl (C=O) groups excluding carboxylic acids is 1. The largest absolute Gasteiger partial charge is 0.478 e. The minimum atomic E-state index is -1.66. The van der Waals surface area contributed by atoms with E-state index < -0.39 is 17.8 Å². The number of hydrogen-bond donors (Lipinski definition) is 3. The summed E-state index contributed by atoms with van der Waals surface area (Å²) in [5, 5.41) is 19.1. The molecule has 0 spiro atoms. The van der Waals surface area contributed by atoms with Gasteiger partial charge in [-0.25, -0.2) is 9.59 Å². The fourth-order valence-electron chi connectivity index (χ4n) is 0.923. The van der Waals surface area contributed by atoms with Gasteiger partial charge in [0, 0.05) is 4.88 Å². The predicted molar refractivity (Wildman–Crippen MR) is 52.3 cm³/mol. The second kappa shape index (κ2) is 4.09. The average Bonchev–Trinajstić information content (AvgIpc) is 2.46. The number of nitrogens with one attached hydrogen (secondary N) is 1. The molecule has 0 fully saturated rings. The first-order valence-corrected chi connectivity index (χ1v) is 4.61. The molecule has 0 bridgehead atoms. The van der Waals surface area contributed by atoms with Gasteiger partial charge in [0.2, 0.25) is 0 Å². The second-order valence-corrected chi connectivity index (χ2v) is 3.92. The van der Waals surface area contributed by atoms with Crippen LogP contribution < -0.4 is 5.32 Å². The number of carbonyl (C=O) groups is 3. The van der Waals surface area contributed by atoms with Gasteiger partial charge in [0.1, 0.15) is 5.00 Å². The molecule has 0 aliphatic heterocycles. The molecule has 1 aromatic rings. The molecule has 1 rings (SSSR count). The van der Waals surface area contributed by atoms with Gasteiger partial charge in [-0.1, -0.05) is 0 Å². The van der Waals surface area contributed by atoms with Crippen molar-refractivity contribution in [1.82, 2.24) is 0 Å². The second-order valence-electron chi connectivity index (χ2n) is 2.66. The number of carboxylic acid groups (broad SMARTS) is 2. The van der Waals surface area contributed by atoms with Gasteiger partial charge in [0.05, 0.1) is 5.56 Å². The lowest BCUT2D eigenvalue weighted by Gasteiger charge is -1.99. The van der Waals surface area contributed by atoms with Gasteiger partial charge in [0.15, 0.2) is 0 Å². The third kappa shape index (κ3) is 2.53. The molecule has 0 aromatic carbocycles. The van der Waals surface area contributed by atoms with E-state index in [1.165, 1.54) is 6.07 Å². The smallest absolute Gasteiger partial charge is 0.394 e. The van der Waals surface area contributed by atoms with E-state index in [-0.39, 0.29) is 10.6 Å². The van der Waals surface area contributed by atoms with E-state index in [1.54, 1.807) is 6.92 Å². The SMILES string of the molecule is Cc1cc(C(=O)O)c(NC(=O)C(=O)O)s1. The Hall–Kier alpha value is -1.89. The highest BCUT2D eigenvalue weighted by Crippen LogP contribution is 2.27. The van der Waals surface area contributed by atoms with E-state index in [2.05, 4.69) is 0 Å². The number of anilines is 1. The average molecular weight is 229 g/mol. The molecule has 6 nitrogen and oxygen atoms in total. The topological polar surface area (TPSA) is 104 Å². The minimum Gasteiger partial charge on any atom is -0.478 e. The summed E-state index contributed by atoms with van der Waals surface area (Å²) in [4.78, 5) is 32.4. The monoisotopic (exact) mass is 229 g/mol. The van der Waals surface area contributed by atoms with Crippen LogP contribution in [-0.4, -0.2) is 28.1 Å². The third-order valence-corrected chi connectivity index (χ3v) is 2.47. The highest BCUT2D eigenvalue weighted by atomic mass is 32.1. The number of carboxylic acids is 2. The molecule has 15 heavy (non-hydrogen) atoms. The zero-order valence-electron chi connectivity index (χ0n) is 7.60. The van der Waals surface area contributed by atoms with Crippen molar-refractivity contribution in [3.63, 3.8) is 0 Å². The van der Waals surface area contributed by atoms with Crippen LogP contribution in [0, 0.1) is 6.92 Å². The van der Waals surface area contributed by atoms with Crippen molar-refractivity contribution < 1.29 is 24.6 Å². The summed E-state index contributed by atoms with van der Waals surface area (Å²) in [6.07, 6.45) is 0. The molecule has 80 valence electrons. The third-order valence-electron chi connectivity index (χ3n) is 1.51. The van der Waals surface area contributed by atoms with Crippen molar-refractivity contribution in [2.75, 3.05) is 5.32 Å². The highest BCUT2D eigenvalue weighted by Gasteiger charge is 2.18. The molecule has 0 unspecified atom stereocenters. The van der Waals surface area contributed by atoms with Crippen LogP contribution in [0.15, 0.2) is 6.07 Å². The molecule has 7 heteroatoms. The molecule has 0 aliphatic carbocycles. The molecule has 1 amide bonds. The lowest BCUT2D eigenvalue weighted by Crippen LogP contribution is -2.22. The fraction of sp³-hybridized carbons (Fsp3) is 0.125. The van der Waals surface area contributed by atoms with Crippen LogP contribution in [-0.2, 0) is 9.59 Å². The molecule has 0 radical (unpaired) electrons. The summed E-state index contributed by atoms with van der Waals surface area (Å²) >= 11 is 1.01. The number of hydrogen-bond acceptors (Lipinski definition) is 4. The Balaban J connectivity index is 2.99. The van der Waals surface area contributed by atoms with E-state index in [0.29, 0.717) is 4.88 Å². The molecule has 0 saturated heterocycles. The maximum atomic E-state index is 10.8. The fourth-order valence-corrected chi connectivity index (χ4v) is 1.82. The van der Waals surface area contributed by atoms with E-state index in [4.69, 9.17) is 10.2 Å². The van der Waals surface area contributed by atoms with Crippen molar-refractivity contribution in [2.24, 2.45) is 0 Å². The van der Waals surface area contributed by atoms with Crippen molar-refractivity contribution in [1.29, 1.82) is 0 Å². The van der Waals surface area contributed by atoms with Gasteiger partial charge in [-0.2, -0.15) is 0 Å². The van der Waals surface area contributed by atoms with E-state index in [0.717, 1.165) is 11.3 Å². The maximum absolute atomic E-state index is 10.8. The summed E-state index contributed by atoms with van der Waals surface area (Å²) in [6, 6.07) is 1.37. The molecule has 0 saturated carbocycles. The van der Waals surface area contributed by atoms with Gasteiger partial charge in [-0.05, 0) is 13.0 Å². The number of amides is 1. The zero-order chi connectivity index (χ0) is 11.6. The van der Waals surface area contributed by atoms with E-state index in [9.17, 15) is 14.4 Å². The van der Waals surface area contributed by atoms with Crippen molar-refractivity contribution in [3.8, 4) is 0 Å². The Kier molecular flexibility index (Phi) is 3.05. The summed E-state index contributed by atoms with van der Waals surface area (Å²) < 4.78 is 0. The van der Waals surface area contributed by atoms with Crippen LogP contribution in [0.5, 0.6) is 0 Å². The molecular weight excluding hydrogens is 222 g/mol. The Labute approximate surface area is 88.2 Å². The summed E-state index contributed by atoms with van der Waals surface area (Å²) in [6.45, 7) is 1.66. The van der Waals surface area contributed by atoms with Crippen molar-refractivity contribution >= 4 is 34.2 Å². The van der Waals surface area contributed by atoms with Crippen LogP contribution >= 0.6 is 11.3 Å². The number of aliphatic carboxylic acids is 1. The maximum Gasteiger partial charge on any atom is 0.394 e. The number of aromatic carboxylic acids is 1.